The van der Waals surface area contributed by atoms with Gasteiger partial charge in [-0.25, -0.2) is 4.79 Å². The Morgan fingerprint density at radius 3 is 2.75 bits per heavy atom. The zero-order valence-corrected chi connectivity index (χ0v) is 15.7. The van der Waals surface area contributed by atoms with Crippen molar-refractivity contribution in [3.05, 3.63) is 22.4 Å². The van der Waals surface area contributed by atoms with E-state index in [0.717, 1.165) is 30.8 Å². The predicted octanol–water partition coefficient (Wildman–Crippen LogP) is 3.22. The Labute approximate surface area is 148 Å². The molecule has 2 rings (SSSR count). The molecule has 0 saturated carbocycles. The molecule has 1 aromatic rings. The molecular weight excluding hydrogens is 322 g/mol. The molecule has 2 heterocycles. The maximum Gasteiger partial charge on any atom is 0.321 e. The van der Waals surface area contributed by atoms with Gasteiger partial charge in [0.05, 0.1) is 13.1 Å². The van der Waals surface area contributed by atoms with Crippen LogP contribution in [0.1, 0.15) is 44.9 Å². The molecule has 1 fully saturated rings. The van der Waals surface area contributed by atoms with Gasteiger partial charge in [0, 0.05) is 4.88 Å². The van der Waals surface area contributed by atoms with Crippen LogP contribution in [0, 0.1) is 11.3 Å². The maximum absolute atomic E-state index is 12.1. The minimum atomic E-state index is -0.421. The number of thiophene rings is 1. The fourth-order valence-electron chi connectivity index (χ4n) is 3.17. The number of carbonyl (C=O) groups excluding carboxylic acids is 2. The third kappa shape index (κ3) is 6.24. The number of likely N-dealkylation sites (tertiary alicyclic amines) is 1. The molecule has 0 spiro atoms. The largest absolute Gasteiger partial charge is 0.333 e. The summed E-state index contributed by atoms with van der Waals surface area (Å²) >= 11 is 1.58. The van der Waals surface area contributed by atoms with Crippen molar-refractivity contribution in [1.29, 1.82) is 0 Å². The van der Waals surface area contributed by atoms with Crippen molar-refractivity contribution in [2.75, 3.05) is 19.6 Å². The second-order valence-electron chi connectivity index (χ2n) is 7.58. The third-order valence-corrected chi connectivity index (χ3v) is 5.55. The minimum Gasteiger partial charge on any atom is -0.333 e. The smallest absolute Gasteiger partial charge is 0.321 e. The lowest BCUT2D eigenvalue weighted by Gasteiger charge is -2.29. The van der Waals surface area contributed by atoms with Gasteiger partial charge in [0.2, 0.25) is 5.91 Å². The Kier molecular flexibility index (Phi) is 6.80. The Balaban J connectivity index is 1.70. The van der Waals surface area contributed by atoms with Gasteiger partial charge >= 0.3 is 6.03 Å². The van der Waals surface area contributed by atoms with Crippen LogP contribution in [-0.4, -0.2) is 36.5 Å². The van der Waals surface area contributed by atoms with Gasteiger partial charge in [-0.2, -0.15) is 0 Å². The predicted molar refractivity (Wildman–Crippen MR) is 97.9 cm³/mol. The van der Waals surface area contributed by atoms with Gasteiger partial charge in [-0.05, 0) is 55.1 Å². The van der Waals surface area contributed by atoms with Gasteiger partial charge in [0.25, 0.3) is 0 Å². The molecule has 0 aliphatic carbocycles. The van der Waals surface area contributed by atoms with E-state index in [2.05, 4.69) is 36.3 Å². The van der Waals surface area contributed by atoms with Gasteiger partial charge in [-0.3, -0.25) is 15.0 Å². The second kappa shape index (κ2) is 8.62. The fraction of sp³-hybridized carbons (Fsp3) is 0.667. The topological polar surface area (TPSA) is 61.4 Å². The lowest BCUT2D eigenvalue weighted by molar-refractivity contribution is -0.121. The molecule has 0 bridgehead atoms. The average molecular weight is 352 g/mol. The van der Waals surface area contributed by atoms with Gasteiger partial charge in [0.1, 0.15) is 0 Å². The summed E-state index contributed by atoms with van der Waals surface area (Å²) < 4.78 is 0. The molecule has 0 aromatic carbocycles. The van der Waals surface area contributed by atoms with E-state index in [1.807, 2.05) is 17.5 Å². The highest BCUT2D eigenvalue weighted by Gasteiger charge is 2.27. The minimum absolute atomic E-state index is 0.229. The number of imide groups is 1. The molecule has 6 heteroatoms. The fourth-order valence-corrected chi connectivity index (χ4v) is 3.82. The lowest BCUT2D eigenvalue weighted by atomic mass is 9.77. The van der Waals surface area contributed by atoms with E-state index in [1.54, 1.807) is 11.3 Å². The van der Waals surface area contributed by atoms with E-state index in [0.29, 0.717) is 24.4 Å². The summed E-state index contributed by atoms with van der Waals surface area (Å²) in [7, 11) is 0. The van der Waals surface area contributed by atoms with E-state index in [-0.39, 0.29) is 5.91 Å². The first-order valence-corrected chi connectivity index (χ1v) is 9.55. The number of nitrogens with one attached hydrogen (secondary N) is 2. The van der Waals surface area contributed by atoms with Crippen LogP contribution in [0.25, 0.3) is 0 Å². The molecule has 5 nitrogen and oxygen atoms in total. The second-order valence-corrected chi connectivity index (χ2v) is 8.61. The summed E-state index contributed by atoms with van der Waals surface area (Å²) in [4.78, 5) is 27.1. The SMILES string of the molecule is CC(C)(C)[C@@H]1CCCN(CC(=O)NC(=O)NCc2cccs2)CC1. The Morgan fingerprint density at radius 2 is 2.08 bits per heavy atom. The van der Waals surface area contributed by atoms with Crippen molar-refractivity contribution in [3.63, 3.8) is 0 Å². The van der Waals surface area contributed by atoms with Crippen molar-refractivity contribution >= 4 is 23.3 Å². The number of hydrogen-bond acceptors (Lipinski definition) is 4. The summed E-state index contributed by atoms with van der Waals surface area (Å²) in [6.07, 6.45) is 3.43. The first kappa shape index (κ1) is 18.9. The Morgan fingerprint density at radius 1 is 1.29 bits per heavy atom. The molecule has 1 saturated heterocycles. The van der Waals surface area contributed by atoms with E-state index in [1.165, 1.54) is 6.42 Å². The van der Waals surface area contributed by atoms with E-state index >= 15 is 0 Å². The standard InChI is InChI=1S/C18H29N3O2S/c1-18(2,3)14-6-4-9-21(10-8-14)13-16(22)20-17(23)19-12-15-7-5-11-24-15/h5,7,11,14H,4,6,8-10,12-13H2,1-3H3,(H2,19,20,22,23)/t14-/m1/s1. The van der Waals surface area contributed by atoms with E-state index < -0.39 is 6.03 Å². The first-order valence-electron chi connectivity index (χ1n) is 8.67. The highest BCUT2D eigenvalue weighted by Crippen LogP contribution is 2.34. The quantitative estimate of drug-likeness (QED) is 0.875. The van der Waals surface area contributed by atoms with Crippen LogP contribution in [-0.2, 0) is 11.3 Å². The molecule has 2 N–H and O–H groups in total. The molecule has 134 valence electrons. The number of rotatable bonds is 4. The normalized spacial score (nSPS) is 19.5. The zero-order chi connectivity index (χ0) is 17.6. The van der Waals surface area contributed by atoms with E-state index in [9.17, 15) is 9.59 Å². The molecule has 1 atom stereocenters. The Bertz CT molecular complexity index is 537. The highest BCUT2D eigenvalue weighted by atomic mass is 32.1. The van der Waals surface area contributed by atoms with Gasteiger partial charge < -0.3 is 5.32 Å². The summed E-state index contributed by atoms with van der Waals surface area (Å²) in [5.74, 6) is 0.465. The van der Waals surface area contributed by atoms with Crippen LogP contribution in [0.2, 0.25) is 0 Å². The van der Waals surface area contributed by atoms with Crippen LogP contribution in [0.3, 0.4) is 0 Å². The van der Waals surface area contributed by atoms with Crippen molar-refractivity contribution < 1.29 is 9.59 Å². The molecule has 1 aromatic heterocycles. The van der Waals surface area contributed by atoms with Gasteiger partial charge in [0.15, 0.2) is 0 Å². The van der Waals surface area contributed by atoms with E-state index in [4.69, 9.17) is 0 Å². The van der Waals surface area contributed by atoms with Gasteiger partial charge in [-0.1, -0.05) is 26.8 Å². The number of nitrogens with zero attached hydrogens (tertiary/aromatic N) is 1. The molecule has 0 unspecified atom stereocenters. The number of carbonyl (C=O) groups is 2. The molecular formula is C18H29N3O2S. The van der Waals surface area contributed by atoms with Crippen LogP contribution in [0.4, 0.5) is 4.79 Å². The monoisotopic (exact) mass is 351 g/mol. The van der Waals surface area contributed by atoms with Crippen LogP contribution < -0.4 is 10.6 Å². The average Bonchev–Trinajstić information content (AvgIpc) is 2.89. The maximum atomic E-state index is 12.1. The van der Waals surface area contributed by atoms with Crippen LogP contribution in [0.5, 0.6) is 0 Å². The van der Waals surface area contributed by atoms with Crippen molar-refractivity contribution in [1.82, 2.24) is 15.5 Å². The number of amides is 3. The summed E-state index contributed by atoms with van der Waals surface area (Å²) in [6.45, 7) is 9.47. The highest BCUT2D eigenvalue weighted by molar-refractivity contribution is 7.09. The summed E-state index contributed by atoms with van der Waals surface area (Å²) in [5.41, 5.74) is 0.319. The van der Waals surface area contributed by atoms with Crippen LogP contribution >= 0.6 is 11.3 Å². The van der Waals surface area contributed by atoms with Gasteiger partial charge in [-0.15, -0.1) is 11.3 Å². The van der Waals surface area contributed by atoms with Crippen molar-refractivity contribution in [3.8, 4) is 0 Å². The summed E-state index contributed by atoms with van der Waals surface area (Å²) in [6, 6.07) is 3.47. The van der Waals surface area contributed by atoms with Crippen LogP contribution in [0.15, 0.2) is 17.5 Å². The molecule has 1 aliphatic rings. The first-order chi connectivity index (χ1) is 11.3. The van der Waals surface area contributed by atoms with Crippen molar-refractivity contribution in [2.24, 2.45) is 11.3 Å². The molecule has 3 amide bonds. The molecule has 0 radical (unpaired) electrons. The lowest BCUT2D eigenvalue weighted by Crippen LogP contribution is -2.44. The molecule has 24 heavy (non-hydrogen) atoms. The number of urea groups is 1. The zero-order valence-electron chi connectivity index (χ0n) is 14.9. The Hall–Kier alpha value is -1.40. The molecule has 1 aliphatic heterocycles. The number of hydrogen-bond donors (Lipinski definition) is 2. The third-order valence-electron chi connectivity index (χ3n) is 4.67. The summed E-state index contributed by atoms with van der Waals surface area (Å²) in [5, 5.41) is 7.10. The van der Waals surface area contributed by atoms with Crippen molar-refractivity contribution in [2.45, 2.75) is 46.6 Å².